The summed E-state index contributed by atoms with van der Waals surface area (Å²) in [4.78, 5) is 15.2. The number of carbonyl (C=O) groups excluding carboxylic acids is 1. The number of para-hydroxylation sites is 1. The van der Waals surface area contributed by atoms with Gasteiger partial charge in [0.05, 0.1) is 18.0 Å². The maximum Gasteiger partial charge on any atom is 0.266 e. The summed E-state index contributed by atoms with van der Waals surface area (Å²) in [6.45, 7) is 8.16. The Bertz CT molecular complexity index is 824. The van der Waals surface area contributed by atoms with E-state index in [9.17, 15) is 13.2 Å². The molecule has 0 saturated heterocycles. The molecule has 22 heavy (non-hydrogen) atoms. The van der Waals surface area contributed by atoms with Crippen molar-refractivity contribution < 1.29 is 13.2 Å². The summed E-state index contributed by atoms with van der Waals surface area (Å²) in [7, 11) is -3.94. The van der Waals surface area contributed by atoms with E-state index in [-0.39, 0.29) is 11.4 Å². The number of hydrogen-bond acceptors (Lipinski definition) is 3. The summed E-state index contributed by atoms with van der Waals surface area (Å²) in [6.07, 6.45) is 0. The van der Waals surface area contributed by atoms with Crippen molar-refractivity contribution in [3.05, 3.63) is 71.6 Å². The van der Waals surface area contributed by atoms with Gasteiger partial charge in [0.15, 0.2) is 5.69 Å². The summed E-state index contributed by atoms with van der Waals surface area (Å²) in [6, 6.07) is 14.4. The Morgan fingerprint density at radius 2 is 1.68 bits per heavy atom. The molecule has 0 aliphatic heterocycles. The van der Waals surface area contributed by atoms with Gasteiger partial charge in [-0.05, 0) is 17.7 Å². The fourth-order valence-corrected chi connectivity index (χ4v) is 3.40. The largest absolute Gasteiger partial charge is 0.274 e. The van der Waals surface area contributed by atoms with Gasteiger partial charge in [0, 0.05) is 6.92 Å². The first-order chi connectivity index (χ1) is 10.5. The molecular weight excluding hydrogens is 300 g/mol. The third-order valence-corrected chi connectivity index (χ3v) is 4.94. The van der Waals surface area contributed by atoms with Gasteiger partial charge in [-0.25, -0.2) is 17.6 Å². The van der Waals surface area contributed by atoms with Crippen molar-refractivity contribution in [2.75, 3.05) is 0 Å². The van der Waals surface area contributed by atoms with Crippen LogP contribution in [0.4, 0.5) is 5.69 Å². The Kier molecular flexibility index (Phi) is 4.59. The third kappa shape index (κ3) is 3.15. The molecule has 0 spiro atoms. The van der Waals surface area contributed by atoms with Gasteiger partial charge in [-0.3, -0.25) is 4.79 Å². The van der Waals surface area contributed by atoms with E-state index in [0.29, 0.717) is 11.3 Å². The van der Waals surface area contributed by atoms with Crippen molar-refractivity contribution in [2.24, 2.45) is 0 Å². The molecule has 0 fully saturated rings. The third-order valence-electron chi connectivity index (χ3n) is 3.11. The van der Waals surface area contributed by atoms with Gasteiger partial charge in [-0.2, -0.15) is 0 Å². The molecule has 0 radical (unpaired) electrons. The Labute approximate surface area is 129 Å². The summed E-state index contributed by atoms with van der Waals surface area (Å²) < 4.78 is 26.0. The second-order valence-electron chi connectivity index (χ2n) is 4.58. The highest BCUT2D eigenvalue weighted by atomic mass is 32.2. The minimum atomic E-state index is -3.94. The fourth-order valence-electron chi connectivity index (χ4n) is 1.99. The van der Waals surface area contributed by atoms with Crippen LogP contribution in [0.1, 0.15) is 12.5 Å². The quantitative estimate of drug-likeness (QED) is 0.815. The van der Waals surface area contributed by atoms with Crippen LogP contribution in [0.5, 0.6) is 0 Å². The van der Waals surface area contributed by atoms with Gasteiger partial charge in [0.2, 0.25) is 5.91 Å². The molecule has 1 amide bonds. The van der Waals surface area contributed by atoms with Gasteiger partial charge in [-0.15, -0.1) is 0 Å². The van der Waals surface area contributed by atoms with Gasteiger partial charge in [0.25, 0.3) is 10.0 Å². The second-order valence-corrected chi connectivity index (χ2v) is 6.45. The van der Waals surface area contributed by atoms with Crippen molar-refractivity contribution in [1.82, 2.24) is 4.31 Å². The number of hydrogen-bond donors (Lipinski definition) is 0. The van der Waals surface area contributed by atoms with Crippen LogP contribution in [0.3, 0.4) is 0 Å². The number of rotatable bonds is 4. The van der Waals surface area contributed by atoms with E-state index in [0.717, 1.165) is 4.31 Å². The lowest BCUT2D eigenvalue weighted by atomic mass is 10.2. The predicted molar refractivity (Wildman–Crippen MR) is 82.6 cm³/mol. The van der Waals surface area contributed by atoms with Crippen LogP contribution in [0.15, 0.2) is 59.5 Å². The second kappa shape index (κ2) is 6.41. The average Bonchev–Trinajstić information content (AvgIpc) is 2.53. The van der Waals surface area contributed by atoms with Crippen LogP contribution in [0, 0.1) is 6.57 Å². The first kappa shape index (κ1) is 15.7. The van der Waals surface area contributed by atoms with Crippen LogP contribution in [0.2, 0.25) is 0 Å². The highest BCUT2D eigenvalue weighted by molar-refractivity contribution is 7.89. The SMILES string of the molecule is [C-]#[N+]c1ccccc1CN(C(C)=O)S(=O)(=O)c1ccccc1. The molecule has 2 aromatic carbocycles. The Hall–Kier alpha value is -2.65. The zero-order valence-electron chi connectivity index (χ0n) is 11.9. The summed E-state index contributed by atoms with van der Waals surface area (Å²) >= 11 is 0. The molecule has 2 rings (SSSR count). The standard InChI is InChI=1S/C16H14N2O3S/c1-13(19)18(12-14-8-6-7-11-16(14)17-2)22(20,21)15-9-4-3-5-10-15/h3-11H,12H2,1H3. The lowest BCUT2D eigenvalue weighted by Gasteiger charge is -2.21. The van der Waals surface area contributed by atoms with E-state index in [2.05, 4.69) is 4.85 Å². The molecular formula is C16H14N2O3S. The van der Waals surface area contributed by atoms with Crippen LogP contribution in [-0.2, 0) is 21.4 Å². The van der Waals surface area contributed by atoms with Gasteiger partial charge >= 0.3 is 0 Å². The molecule has 2 aromatic rings. The normalized spacial score (nSPS) is 10.7. The monoisotopic (exact) mass is 314 g/mol. The molecule has 0 atom stereocenters. The van der Waals surface area contributed by atoms with Gasteiger partial charge in [-0.1, -0.05) is 42.5 Å². The maximum absolute atomic E-state index is 12.6. The van der Waals surface area contributed by atoms with E-state index in [1.807, 2.05) is 0 Å². The predicted octanol–water partition coefficient (Wildman–Crippen LogP) is 2.97. The molecule has 0 N–H and O–H groups in total. The van der Waals surface area contributed by atoms with E-state index in [4.69, 9.17) is 6.57 Å². The molecule has 0 aliphatic rings. The number of carbonyl (C=O) groups is 1. The molecule has 0 heterocycles. The van der Waals surface area contributed by atoms with Crippen LogP contribution in [-0.4, -0.2) is 18.6 Å². The molecule has 5 nitrogen and oxygen atoms in total. The van der Waals surface area contributed by atoms with E-state index >= 15 is 0 Å². The highest BCUT2D eigenvalue weighted by Crippen LogP contribution is 2.24. The number of sulfonamides is 1. The summed E-state index contributed by atoms with van der Waals surface area (Å²) in [5.41, 5.74) is 0.823. The topological polar surface area (TPSA) is 58.8 Å². The van der Waals surface area contributed by atoms with Crippen LogP contribution >= 0.6 is 0 Å². The first-order valence-corrected chi connectivity index (χ1v) is 7.94. The van der Waals surface area contributed by atoms with E-state index < -0.39 is 15.9 Å². The highest BCUT2D eigenvalue weighted by Gasteiger charge is 2.27. The van der Waals surface area contributed by atoms with Crippen molar-refractivity contribution in [1.29, 1.82) is 0 Å². The molecule has 6 heteroatoms. The molecule has 0 unspecified atom stereocenters. The molecule has 0 aromatic heterocycles. The molecule has 0 bridgehead atoms. The smallest absolute Gasteiger partial charge is 0.266 e. The minimum Gasteiger partial charge on any atom is -0.274 e. The fraction of sp³-hybridized carbons (Fsp3) is 0.125. The van der Waals surface area contributed by atoms with E-state index in [1.54, 1.807) is 42.5 Å². The van der Waals surface area contributed by atoms with Gasteiger partial charge < -0.3 is 0 Å². The van der Waals surface area contributed by atoms with Crippen molar-refractivity contribution in [3.8, 4) is 0 Å². The minimum absolute atomic E-state index is 0.0468. The van der Waals surface area contributed by atoms with Crippen LogP contribution < -0.4 is 0 Å². The van der Waals surface area contributed by atoms with Crippen molar-refractivity contribution in [3.63, 3.8) is 0 Å². The zero-order chi connectivity index (χ0) is 16.2. The van der Waals surface area contributed by atoms with Gasteiger partial charge in [0.1, 0.15) is 0 Å². The number of amides is 1. The summed E-state index contributed by atoms with van der Waals surface area (Å²) in [5.74, 6) is -0.594. The Balaban J connectivity index is 2.44. The molecule has 0 aliphatic carbocycles. The first-order valence-electron chi connectivity index (χ1n) is 6.50. The average molecular weight is 314 g/mol. The molecule has 112 valence electrons. The lowest BCUT2D eigenvalue weighted by Crippen LogP contribution is -2.34. The number of benzene rings is 2. The van der Waals surface area contributed by atoms with Crippen molar-refractivity contribution in [2.45, 2.75) is 18.4 Å². The van der Waals surface area contributed by atoms with Crippen LogP contribution in [0.25, 0.3) is 4.85 Å². The molecule has 0 saturated carbocycles. The Morgan fingerprint density at radius 3 is 2.27 bits per heavy atom. The zero-order valence-corrected chi connectivity index (χ0v) is 12.7. The summed E-state index contributed by atoms with van der Waals surface area (Å²) in [5, 5.41) is 0. The Morgan fingerprint density at radius 1 is 1.09 bits per heavy atom. The van der Waals surface area contributed by atoms with E-state index in [1.165, 1.54) is 19.1 Å². The van der Waals surface area contributed by atoms with Crippen molar-refractivity contribution >= 4 is 21.6 Å². The number of nitrogens with zero attached hydrogens (tertiary/aromatic N) is 2. The maximum atomic E-state index is 12.6. The lowest BCUT2D eigenvalue weighted by molar-refractivity contribution is -0.124.